The summed E-state index contributed by atoms with van der Waals surface area (Å²) in [6.45, 7) is 6.10. The van der Waals surface area contributed by atoms with E-state index >= 15 is 0 Å². The molecule has 1 atom stereocenters. The minimum Gasteiger partial charge on any atom is -0.486 e. The van der Waals surface area contributed by atoms with E-state index in [1.54, 1.807) is 12.1 Å². The lowest BCUT2D eigenvalue weighted by Gasteiger charge is -2.25. The molecule has 2 aromatic carbocycles. The third-order valence-corrected chi connectivity index (χ3v) is 4.27. The molecule has 0 radical (unpaired) electrons. The van der Waals surface area contributed by atoms with E-state index in [0.717, 1.165) is 22.6 Å². The molecule has 1 aliphatic heterocycles. The van der Waals surface area contributed by atoms with Crippen LogP contribution in [-0.2, 0) is 6.54 Å². The lowest BCUT2D eigenvalue weighted by molar-refractivity contribution is -0.384. The average molecular weight is 342 g/mol. The molecule has 132 valence electrons. The summed E-state index contributed by atoms with van der Waals surface area (Å²) in [5, 5.41) is 14.3. The third kappa shape index (κ3) is 4.09. The highest BCUT2D eigenvalue weighted by atomic mass is 16.6. The standard InChI is InChI=1S/C19H22N2O4/c1-13(2)19(15-5-8-17-18(11-15)25-10-9-24-17)20-12-14-3-6-16(7-4-14)21(22)23/h3-8,11,13,19-20H,9-10,12H2,1-2H3/t19-/m0/s1. The highest BCUT2D eigenvalue weighted by Gasteiger charge is 2.19. The van der Waals surface area contributed by atoms with Gasteiger partial charge in [-0.15, -0.1) is 0 Å². The molecule has 0 amide bonds. The van der Waals surface area contributed by atoms with Gasteiger partial charge in [-0.2, -0.15) is 0 Å². The Morgan fingerprint density at radius 3 is 2.40 bits per heavy atom. The molecular formula is C19H22N2O4. The molecule has 0 saturated heterocycles. The summed E-state index contributed by atoms with van der Waals surface area (Å²) in [4.78, 5) is 10.4. The van der Waals surface area contributed by atoms with E-state index in [2.05, 4.69) is 25.2 Å². The van der Waals surface area contributed by atoms with Gasteiger partial charge in [-0.05, 0) is 29.2 Å². The Labute approximate surface area is 146 Å². The average Bonchev–Trinajstić information content (AvgIpc) is 2.62. The smallest absolute Gasteiger partial charge is 0.269 e. The van der Waals surface area contributed by atoms with Crippen molar-refractivity contribution in [3.63, 3.8) is 0 Å². The minimum absolute atomic E-state index is 0.107. The van der Waals surface area contributed by atoms with E-state index in [9.17, 15) is 10.1 Å². The van der Waals surface area contributed by atoms with E-state index in [1.807, 2.05) is 12.1 Å². The zero-order valence-electron chi connectivity index (χ0n) is 14.4. The second-order valence-electron chi connectivity index (χ2n) is 6.43. The van der Waals surface area contributed by atoms with Gasteiger partial charge in [0.25, 0.3) is 5.69 Å². The largest absolute Gasteiger partial charge is 0.486 e. The molecule has 6 heteroatoms. The van der Waals surface area contributed by atoms with Crippen molar-refractivity contribution in [3.05, 3.63) is 63.7 Å². The SMILES string of the molecule is CC(C)[C@H](NCc1ccc([N+](=O)[O-])cc1)c1ccc2c(c1)OCCO2. The van der Waals surface area contributed by atoms with Crippen LogP contribution in [0.1, 0.15) is 31.0 Å². The zero-order chi connectivity index (χ0) is 17.8. The quantitative estimate of drug-likeness (QED) is 0.637. The maximum Gasteiger partial charge on any atom is 0.269 e. The summed E-state index contributed by atoms with van der Waals surface area (Å²) >= 11 is 0. The summed E-state index contributed by atoms with van der Waals surface area (Å²) in [6.07, 6.45) is 0. The first kappa shape index (κ1) is 17.2. The third-order valence-electron chi connectivity index (χ3n) is 4.27. The Hall–Kier alpha value is -2.60. The second kappa shape index (κ2) is 7.53. The van der Waals surface area contributed by atoms with Crippen LogP contribution in [0.25, 0.3) is 0 Å². The molecule has 0 spiro atoms. The van der Waals surface area contributed by atoms with Crippen LogP contribution >= 0.6 is 0 Å². The van der Waals surface area contributed by atoms with Crippen molar-refractivity contribution in [1.82, 2.24) is 5.32 Å². The number of hydrogen-bond acceptors (Lipinski definition) is 5. The first-order valence-electron chi connectivity index (χ1n) is 8.41. The Morgan fingerprint density at radius 1 is 1.08 bits per heavy atom. The Bertz CT molecular complexity index is 744. The summed E-state index contributed by atoms with van der Waals surface area (Å²) in [6, 6.07) is 12.8. The van der Waals surface area contributed by atoms with Gasteiger partial charge in [0.1, 0.15) is 13.2 Å². The number of nitro benzene ring substituents is 1. The van der Waals surface area contributed by atoms with Crippen molar-refractivity contribution in [3.8, 4) is 11.5 Å². The van der Waals surface area contributed by atoms with Gasteiger partial charge in [0, 0.05) is 24.7 Å². The lowest BCUT2D eigenvalue weighted by Crippen LogP contribution is -2.25. The van der Waals surface area contributed by atoms with Crippen LogP contribution in [-0.4, -0.2) is 18.1 Å². The van der Waals surface area contributed by atoms with Gasteiger partial charge in [-0.1, -0.05) is 32.0 Å². The summed E-state index contributed by atoms with van der Waals surface area (Å²) in [5.41, 5.74) is 2.26. The summed E-state index contributed by atoms with van der Waals surface area (Å²) in [5.74, 6) is 1.94. The van der Waals surface area contributed by atoms with Crippen LogP contribution in [0.4, 0.5) is 5.69 Å². The lowest BCUT2D eigenvalue weighted by atomic mass is 9.95. The number of non-ortho nitro benzene ring substituents is 1. The maximum atomic E-state index is 10.7. The van der Waals surface area contributed by atoms with Gasteiger partial charge >= 0.3 is 0 Å². The van der Waals surface area contributed by atoms with Gasteiger partial charge in [0.15, 0.2) is 11.5 Å². The highest BCUT2D eigenvalue weighted by molar-refractivity contribution is 5.44. The van der Waals surface area contributed by atoms with Crippen LogP contribution < -0.4 is 14.8 Å². The molecule has 2 aromatic rings. The molecular weight excluding hydrogens is 320 g/mol. The first-order chi connectivity index (χ1) is 12.0. The van der Waals surface area contributed by atoms with Crippen molar-refractivity contribution < 1.29 is 14.4 Å². The molecule has 0 bridgehead atoms. The topological polar surface area (TPSA) is 73.6 Å². The Kier molecular flexibility index (Phi) is 5.19. The highest BCUT2D eigenvalue weighted by Crippen LogP contribution is 2.34. The number of benzene rings is 2. The van der Waals surface area contributed by atoms with Gasteiger partial charge in [0.05, 0.1) is 4.92 Å². The van der Waals surface area contributed by atoms with E-state index in [1.165, 1.54) is 12.1 Å². The number of nitrogens with one attached hydrogen (secondary N) is 1. The van der Waals surface area contributed by atoms with Crippen LogP contribution in [0.2, 0.25) is 0 Å². The molecule has 0 aliphatic carbocycles. The fraction of sp³-hybridized carbons (Fsp3) is 0.368. The minimum atomic E-state index is -0.386. The molecule has 25 heavy (non-hydrogen) atoms. The zero-order valence-corrected chi connectivity index (χ0v) is 14.4. The molecule has 6 nitrogen and oxygen atoms in total. The molecule has 0 unspecified atom stereocenters. The van der Waals surface area contributed by atoms with Crippen molar-refractivity contribution in [2.24, 2.45) is 5.92 Å². The molecule has 0 saturated carbocycles. The monoisotopic (exact) mass is 342 g/mol. The number of hydrogen-bond donors (Lipinski definition) is 1. The number of fused-ring (bicyclic) bond motifs is 1. The normalized spacial score (nSPS) is 14.4. The van der Waals surface area contributed by atoms with Crippen LogP contribution in [0.15, 0.2) is 42.5 Å². The fourth-order valence-corrected chi connectivity index (χ4v) is 2.96. The van der Waals surface area contributed by atoms with Crippen molar-refractivity contribution >= 4 is 5.69 Å². The molecule has 0 aromatic heterocycles. The van der Waals surface area contributed by atoms with Crippen LogP contribution in [0.5, 0.6) is 11.5 Å². The molecule has 1 N–H and O–H groups in total. The van der Waals surface area contributed by atoms with Gasteiger partial charge in [-0.25, -0.2) is 0 Å². The Morgan fingerprint density at radius 2 is 1.76 bits per heavy atom. The first-order valence-corrected chi connectivity index (χ1v) is 8.41. The van der Waals surface area contributed by atoms with E-state index < -0.39 is 0 Å². The number of nitrogens with zero attached hydrogens (tertiary/aromatic N) is 1. The molecule has 0 fully saturated rings. The fourth-order valence-electron chi connectivity index (χ4n) is 2.96. The number of nitro groups is 1. The number of rotatable bonds is 6. The summed E-state index contributed by atoms with van der Waals surface area (Å²) in [7, 11) is 0. The maximum absolute atomic E-state index is 10.7. The van der Waals surface area contributed by atoms with Gasteiger partial charge in [0.2, 0.25) is 0 Å². The Balaban J connectivity index is 1.72. The van der Waals surface area contributed by atoms with Gasteiger partial charge in [-0.3, -0.25) is 10.1 Å². The van der Waals surface area contributed by atoms with E-state index in [4.69, 9.17) is 9.47 Å². The van der Waals surface area contributed by atoms with E-state index in [0.29, 0.717) is 25.7 Å². The predicted molar refractivity (Wildman–Crippen MR) is 94.9 cm³/mol. The molecule has 3 rings (SSSR count). The summed E-state index contributed by atoms with van der Waals surface area (Å²) < 4.78 is 11.3. The van der Waals surface area contributed by atoms with Crippen LogP contribution in [0.3, 0.4) is 0 Å². The molecule has 1 heterocycles. The van der Waals surface area contributed by atoms with Crippen molar-refractivity contribution in [2.45, 2.75) is 26.4 Å². The van der Waals surface area contributed by atoms with Crippen LogP contribution in [0, 0.1) is 16.0 Å². The van der Waals surface area contributed by atoms with Crippen molar-refractivity contribution in [1.29, 1.82) is 0 Å². The second-order valence-corrected chi connectivity index (χ2v) is 6.43. The van der Waals surface area contributed by atoms with Crippen molar-refractivity contribution in [2.75, 3.05) is 13.2 Å². The number of ether oxygens (including phenoxy) is 2. The molecule has 1 aliphatic rings. The van der Waals surface area contributed by atoms with Gasteiger partial charge < -0.3 is 14.8 Å². The van der Waals surface area contributed by atoms with E-state index in [-0.39, 0.29) is 16.7 Å². The predicted octanol–water partition coefficient (Wildman–Crippen LogP) is 3.85.